The van der Waals surface area contributed by atoms with Crippen LogP contribution in [0.25, 0.3) is 0 Å². The van der Waals surface area contributed by atoms with E-state index in [2.05, 4.69) is 0 Å². The fraction of sp³-hybridized carbons (Fsp3) is 0.455. The highest BCUT2D eigenvalue weighted by atomic mass is 19.4. The molecule has 0 radical (unpaired) electrons. The first-order valence-corrected chi connectivity index (χ1v) is 5.17. The Morgan fingerprint density at radius 2 is 1.14 bits per heavy atom. The van der Waals surface area contributed by atoms with Gasteiger partial charge in [0.1, 0.15) is 0 Å². The Morgan fingerprint density at radius 1 is 0.762 bits per heavy atom. The molecule has 0 atom stereocenters. The number of halogens is 9. The molecule has 21 heavy (non-hydrogen) atoms. The summed E-state index contributed by atoms with van der Waals surface area (Å²) in [6.07, 6.45) is -17.6. The second-order valence-electron chi connectivity index (χ2n) is 4.18. The molecule has 10 heteroatoms. The number of rotatable bonds is 1. The summed E-state index contributed by atoms with van der Waals surface area (Å²) in [4.78, 5) is 0. The van der Waals surface area contributed by atoms with E-state index in [9.17, 15) is 39.5 Å². The van der Waals surface area contributed by atoms with Crippen molar-refractivity contribution in [3.63, 3.8) is 0 Å². The molecule has 0 fully saturated rings. The molecule has 0 aliphatic carbocycles. The molecule has 0 spiro atoms. The van der Waals surface area contributed by atoms with Crippen LogP contribution in [0.5, 0.6) is 0 Å². The minimum absolute atomic E-state index is 0.158. The molecule has 0 saturated carbocycles. The number of hydrogen-bond acceptors (Lipinski definition) is 1. The van der Waals surface area contributed by atoms with E-state index in [1.807, 2.05) is 0 Å². The number of alkyl halides is 9. The van der Waals surface area contributed by atoms with Gasteiger partial charge in [-0.1, -0.05) is 12.1 Å². The molecule has 0 aromatic heterocycles. The van der Waals surface area contributed by atoms with E-state index >= 15 is 0 Å². The fourth-order valence-electron chi connectivity index (χ4n) is 1.80. The number of benzene rings is 1. The molecular formula is C11H7F9O. The van der Waals surface area contributed by atoms with Crippen molar-refractivity contribution < 1.29 is 44.6 Å². The van der Waals surface area contributed by atoms with Gasteiger partial charge in [-0.3, -0.25) is 0 Å². The van der Waals surface area contributed by atoms with E-state index in [4.69, 9.17) is 5.11 Å². The molecule has 0 aliphatic heterocycles. The molecule has 1 nitrogen and oxygen atoms in total. The molecule has 120 valence electrons. The number of hydrogen-bond donors (Lipinski definition) is 1. The summed E-state index contributed by atoms with van der Waals surface area (Å²) < 4.78 is 114. The van der Waals surface area contributed by atoms with Crippen LogP contribution in [-0.4, -0.2) is 17.5 Å². The van der Waals surface area contributed by atoms with Gasteiger partial charge in [0.05, 0.1) is 5.56 Å². The lowest BCUT2D eigenvalue weighted by Gasteiger charge is -2.34. The van der Waals surface area contributed by atoms with E-state index in [1.165, 1.54) is 0 Å². The highest BCUT2D eigenvalue weighted by molar-refractivity contribution is 5.41. The summed E-state index contributed by atoms with van der Waals surface area (Å²) in [7, 11) is 0. The van der Waals surface area contributed by atoms with Crippen LogP contribution >= 0.6 is 0 Å². The van der Waals surface area contributed by atoms with Crippen molar-refractivity contribution in [3.05, 3.63) is 34.9 Å². The molecule has 0 saturated heterocycles. The average Bonchev–Trinajstić information content (AvgIpc) is 2.23. The molecule has 0 bridgehead atoms. The second kappa shape index (κ2) is 4.79. The smallest absolute Gasteiger partial charge is 0.369 e. The molecule has 1 aromatic rings. The fourth-order valence-corrected chi connectivity index (χ4v) is 1.80. The van der Waals surface area contributed by atoms with E-state index < -0.39 is 40.8 Å². The van der Waals surface area contributed by atoms with Crippen molar-refractivity contribution in [1.29, 1.82) is 0 Å². The Bertz CT molecular complexity index is 510. The van der Waals surface area contributed by atoms with Gasteiger partial charge in [-0.25, -0.2) is 0 Å². The Morgan fingerprint density at radius 3 is 1.48 bits per heavy atom. The van der Waals surface area contributed by atoms with Crippen LogP contribution in [0.15, 0.2) is 18.2 Å². The average molecular weight is 326 g/mol. The molecular weight excluding hydrogens is 319 g/mol. The van der Waals surface area contributed by atoms with Crippen molar-refractivity contribution in [1.82, 2.24) is 0 Å². The highest BCUT2D eigenvalue weighted by Gasteiger charge is 2.72. The van der Waals surface area contributed by atoms with Crippen molar-refractivity contribution in [2.45, 2.75) is 31.1 Å². The Labute approximate surface area is 112 Å². The predicted octanol–water partition coefficient (Wildman–Crippen LogP) is 4.33. The van der Waals surface area contributed by atoms with E-state index in [0.717, 1.165) is 0 Å². The lowest BCUT2D eigenvalue weighted by Crippen LogP contribution is -2.54. The molecule has 1 aromatic carbocycles. The maximum atomic E-state index is 12.6. The summed E-state index contributed by atoms with van der Waals surface area (Å²) in [5.74, 6) is 0. The van der Waals surface area contributed by atoms with Crippen LogP contribution in [-0.2, 0) is 11.8 Å². The summed E-state index contributed by atoms with van der Waals surface area (Å²) in [5, 5.41) is 9.11. The van der Waals surface area contributed by atoms with Gasteiger partial charge in [-0.15, -0.1) is 0 Å². The summed E-state index contributed by atoms with van der Waals surface area (Å²) in [5.41, 5.74) is -10.3. The zero-order valence-corrected chi connectivity index (χ0v) is 10.1. The summed E-state index contributed by atoms with van der Waals surface area (Å²) in [6, 6.07) is 0.852. The Hall–Kier alpha value is -1.45. The third kappa shape index (κ3) is 2.81. The van der Waals surface area contributed by atoms with Gasteiger partial charge in [0, 0.05) is 5.56 Å². The van der Waals surface area contributed by atoms with Crippen molar-refractivity contribution in [2.75, 3.05) is 0 Å². The third-order valence-electron chi connectivity index (χ3n) is 2.85. The van der Waals surface area contributed by atoms with Crippen molar-refractivity contribution in [3.8, 4) is 0 Å². The maximum Gasteiger partial charge on any atom is 0.430 e. The molecule has 0 aliphatic rings. The van der Waals surface area contributed by atoms with Crippen LogP contribution < -0.4 is 0 Å². The molecule has 0 heterocycles. The normalized spacial score (nSPS) is 14.4. The zero-order valence-electron chi connectivity index (χ0n) is 10.1. The molecule has 1 rings (SSSR count). The minimum atomic E-state index is -6.24. The lowest BCUT2D eigenvalue weighted by atomic mass is 9.86. The Kier molecular flexibility index (Phi) is 4.01. The summed E-state index contributed by atoms with van der Waals surface area (Å²) >= 11 is 0. The van der Waals surface area contributed by atoms with Gasteiger partial charge in [0.15, 0.2) is 0 Å². The van der Waals surface area contributed by atoms with Crippen LogP contribution in [0.2, 0.25) is 0 Å². The first-order chi connectivity index (χ1) is 9.14. The molecule has 1 N–H and O–H groups in total. The van der Waals surface area contributed by atoms with Crippen LogP contribution in [0.3, 0.4) is 0 Å². The van der Waals surface area contributed by atoms with Crippen molar-refractivity contribution >= 4 is 0 Å². The van der Waals surface area contributed by atoms with Gasteiger partial charge in [0.25, 0.3) is 5.60 Å². The minimum Gasteiger partial charge on any atom is -0.369 e. The zero-order chi connectivity index (χ0) is 16.9. The van der Waals surface area contributed by atoms with Crippen LogP contribution in [0, 0.1) is 6.92 Å². The first kappa shape index (κ1) is 17.6. The second-order valence-corrected chi connectivity index (χ2v) is 4.18. The van der Waals surface area contributed by atoms with E-state index in [1.54, 1.807) is 0 Å². The monoisotopic (exact) mass is 326 g/mol. The lowest BCUT2D eigenvalue weighted by molar-refractivity contribution is -0.376. The van der Waals surface area contributed by atoms with Crippen LogP contribution in [0.1, 0.15) is 16.7 Å². The molecule has 0 unspecified atom stereocenters. The van der Waals surface area contributed by atoms with Gasteiger partial charge in [-0.05, 0) is 18.6 Å². The number of aliphatic hydroxyl groups is 1. The SMILES string of the molecule is Cc1c(C(F)(F)F)cccc1C(O)(C(F)(F)F)C(F)(F)F. The highest BCUT2D eigenvalue weighted by Crippen LogP contribution is 2.51. The summed E-state index contributed by atoms with van der Waals surface area (Å²) in [6.45, 7) is 0.431. The van der Waals surface area contributed by atoms with Gasteiger partial charge < -0.3 is 5.11 Å². The largest absolute Gasteiger partial charge is 0.430 e. The van der Waals surface area contributed by atoms with Gasteiger partial charge in [0.2, 0.25) is 0 Å². The third-order valence-corrected chi connectivity index (χ3v) is 2.85. The van der Waals surface area contributed by atoms with Gasteiger partial charge >= 0.3 is 18.5 Å². The topological polar surface area (TPSA) is 20.2 Å². The van der Waals surface area contributed by atoms with E-state index in [0.29, 0.717) is 19.1 Å². The van der Waals surface area contributed by atoms with Crippen LogP contribution in [0.4, 0.5) is 39.5 Å². The maximum absolute atomic E-state index is 12.6. The van der Waals surface area contributed by atoms with E-state index in [-0.39, 0.29) is 6.07 Å². The quantitative estimate of drug-likeness (QED) is 0.762. The van der Waals surface area contributed by atoms with Gasteiger partial charge in [-0.2, -0.15) is 39.5 Å². The first-order valence-electron chi connectivity index (χ1n) is 5.17. The molecule has 0 amide bonds. The standard InChI is InChI=1S/C11H7F9O/c1-5-6(3-2-4-7(5)9(12,13)14)8(21,10(15,16)17)11(18,19)20/h2-4,21H,1H3. The predicted molar refractivity (Wildman–Crippen MR) is 52.2 cm³/mol. The van der Waals surface area contributed by atoms with Crippen molar-refractivity contribution in [2.24, 2.45) is 0 Å². The Balaban J connectivity index is 3.72.